The Bertz CT molecular complexity index is 661. The average molecular weight is 280 g/mol. The van der Waals surface area contributed by atoms with Crippen LogP contribution in [0.2, 0.25) is 0 Å². The van der Waals surface area contributed by atoms with Crippen LogP contribution < -0.4 is 0 Å². The summed E-state index contributed by atoms with van der Waals surface area (Å²) in [4.78, 5) is 2.30. The molecule has 0 aromatic heterocycles. The zero-order valence-electron chi connectivity index (χ0n) is 11.8. The van der Waals surface area contributed by atoms with E-state index in [1.807, 2.05) is 18.2 Å². The standard InChI is InChI=1S/C18H17FN2/c19-17-9-8-14(12-20)11-16(17)13-21-10-4-7-18(21)15-5-2-1-3-6-15/h1-3,5-6,8-9,11,18H,4,7,10,13H2. The maximum absolute atomic E-state index is 14.0. The topological polar surface area (TPSA) is 27.0 Å². The Morgan fingerprint density at radius 2 is 2.00 bits per heavy atom. The SMILES string of the molecule is N#Cc1ccc(F)c(CN2CCCC2c2ccccc2)c1. The van der Waals surface area contributed by atoms with Gasteiger partial charge in [-0.1, -0.05) is 30.3 Å². The lowest BCUT2D eigenvalue weighted by molar-refractivity contribution is 0.245. The lowest BCUT2D eigenvalue weighted by Gasteiger charge is -2.25. The second-order valence-corrected chi connectivity index (χ2v) is 5.46. The number of likely N-dealkylation sites (tertiary alicyclic amines) is 1. The minimum atomic E-state index is -0.229. The molecule has 1 fully saturated rings. The molecule has 0 saturated carbocycles. The van der Waals surface area contributed by atoms with Crippen LogP contribution in [-0.4, -0.2) is 11.4 Å². The van der Waals surface area contributed by atoms with E-state index >= 15 is 0 Å². The average Bonchev–Trinajstić information content (AvgIpc) is 2.98. The van der Waals surface area contributed by atoms with Crippen LogP contribution in [0, 0.1) is 17.1 Å². The molecule has 0 N–H and O–H groups in total. The number of hydrogen-bond donors (Lipinski definition) is 0. The van der Waals surface area contributed by atoms with Crippen LogP contribution in [0.3, 0.4) is 0 Å². The maximum Gasteiger partial charge on any atom is 0.127 e. The Morgan fingerprint density at radius 1 is 1.19 bits per heavy atom. The minimum absolute atomic E-state index is 0.229. The number of rotatable bonds is 3. The van der Waals surface area contributed by atoms with Crippen molar-refractivity contribution in [3.8, 4) is 6.07 Å². The largest absolute Gasteiger partial charge is 0.292 e. The number of benzene rings is 2. The predicted octanol–water partition coefficient (Wildman–Crippen LogP) is 4.03. The molecular formula is C18H17FN2. The predicted molar refractivity (Wildman–Crippen MR) is 79.9 cm³/mol. The van der Waals surface area contributed by atoms with Crippen molar-refractivity contribution in [3.63, 3.8) is 0 Å². The summed E-state index contributed by atoms with van der Waals surface area (Å²) in [6.07, 6.45) is 2.22. The third kappa shape index (κ3) is 2.96. The molecule has 21 heavy (non-hydrogen) atoms. The summed E-state index contributed by atoms with van der Waals surface area (Å²) in [6, 6.07) is 17.4. The first-order valence-corrected chi connectivity index (χ1v) is 7.25. The molecule has 0 bridgehead atoms. The fraction of sp³-hybridized carbons (Fsp3) is 0.278. The molecule has 0 aliphatic carbocycles. The molecule has 3 rings (SSSR count). The van der Waals surface area contributed by atoms with Gasteiger partial charge >= 0.3 is 0 Å². The van der Waals surface area contributed by atoms with Crippen molar-refractivity contribution in [3.05, 3.63) is 71.0 Å². The van der Waals surface area contributed by atoms with Gasteiger partial charge in [0.25, 0.3) is 0 Å². The molecule has 1 heterocycles. The zero-order chi connectivity index (χ0) is 14.7. The Morgan fingerprint density at radius 3 is 2.76 bits per heavy atom. The number of nitriles is 1. The summed E-state index contributed by atoms with van der Waals surface area (Å²) in [6.45, 7) is 1.52. The smallest absolute Gasteiger partial charge is 0.127 e. The summed E-state index contributed by atoms with van der Waals surface area (Å²) in [5.41, 5.74) is 2.41. The summed E-state index contributed by atoms with van der Waals surface area (Å²) in [5.74, 6) is -0.229. The first-order chi connectivity index (χ1) is 10.3. The lowest BCUT2D eigenvalue weighted by Crippen LogP contribution is -2.23. The molecule has 106 valence electrons. The van der Waals surface area contributed by atoms with Gasteiger partial charge in [0.05, 0.1) is 11.6 Å². The van der Waals surface area contributed by atoms with Crippen LogP contribution in [0.25, 0.3) is 0 Å². The highest BCUT2D eigenvalue weighted by atomic mass is 19.1. The van der Waals surface area contributed by atoms with Crippen molar-refractivity contribution in [1.82, 2.24) is 4.90 Å². The zero-order valence-corrected chi connectivity index (χ0v) is 11.8. The van der Waals surface area contributed by atoms with E-state index in [9.17, 15) is 4.39 Å². The van der Waals surface area contributed by atoms with Crippen LogP contribution in [-0.2, 0) is 6.54 Å². The first kappa shape index (κ1) is 13.8. The normalized spacial score (nSPS) is 18.6. The van der Waals surface area contributed by atoms with E-state index in [1.165, 1.54) is 17.7 Å². The molecule has 2 aromatic rings. The molecule has 1 aliphatic heterocycles. The Balaban J connectivity index is 1.83. The van der Waals surface area contributed by atoms with Crippen molar-refractivity contribution in [2.75, 3.05) is 6.54 Å². The van der Waals surface area contributed by atoms with Crippen LogP contribution >= 0.6 is 0 Å². The fourth-order valence-electron chi connectivity index (χ4n) is 3.05. The number of hydrogen-bond acceptors (Lipinski definition) is 2. The molecule has 2 nitrogen and oxygen atoms in total. The van der Waals surface area contributed by atoms with E-state index in [0.717, 1.165) is 19.4 Å². The maximum atomic E-state index is 14.0. The highest BCUT2D eigenvalue weighted by Crippen LogP contribution is 2.33. The van der Waals surface area contributed by atoms with Crippen LogP contribution in [0.1, 0.15) is 35.6 Å². The van der Waals surface area contributed by atoms with E-state index < -0.39 is 0 Å². The van der Waals surface area contributed by atoms with Crippen molar-refractivity contribution in [2.24, 2.45) is 0 Å². The molecule has 1 atom stereocenters. The van der Waals surface area contributed by atoms with Gasteiger partial charge in [-0.3, -0.25) is 4.90 Å². The van der Waals surface area contributed by atoms with Crippen molar-refractivity contribution < 1.29 is 4.39 Å². The highest BCUT2D eigenvalue weighted by molar-refractivity contribution is 5.34. The summed E-state index contributed by atoms with van der Waals surface area (Å²) in [7, 11) is 0. The van der Waals surface area contributed by atoms with Gasteiger partial charge in [-0.05, 0) is 43.1 Å². The van der Waals surface area contributed by atoms with E-state index in [4.69, 9.17) is 5.26 Å². The van der Waals surface area contributed by atoms with Crippen LogP contribution in [0.15, 0.2) is 48.5 Å². The third-order valence-electron chi connectivity index (χ3n) is 4.10. The Labute approximate surface area is 124 Å². The minimum Gasteiger partial charge on any atom is -0.292 e. The summed E-state index contributed by atoms with van der Waals surface area (Å²) < 4.78 is 14.0. The van der Waals surface area contributed by atoms with Gasteiger partial charge in [-0.2, -0.15) is 5.26 Å². The third-order valence-corrected chi connectivity index (χ3v) is 4.10. The Kier molecular flexibility index (Phi) is 3.98. The van der Waals surface area contributed by atoms with Gasteiger partial charge in [-0.15, -0.1) is 0 Å². The monoisotopic (exact) mass is 280 g/mol. The highest BCUT2D eigenvalue weighted by Gasteiger charge is 2.26. The van der Waals surface area contributed by atoms with E-state index in [0.29, 0.717) is 23.7 Å². The first-order valence-electron chi connectivity index (χ1n) is 7.25. The number of halogens is 1. The fourth-order valence-corrected chi connectivity index (χ4v) is 3.05. The molecule has 1 unspecified atom stereocenters. The molecule has 0 radical (unpaired) electrons. The van der Waals surface area contributed by atoms with E-state index in [2.05, 4.69) is 23.1 Å². The van der Waals surface area contributed by atoms with Crippen molar-refractivity contribution >= 4 is 0 Å². The Hall–Kier alpha value is -2.18. The van der Waals surface area contributed by atoms with Crippen molar-refractivity contribution in [2.45, 2.75) is 25.4 Å². The van der Waals surface area contributed by atoms with Gasteiger partial charge in [0.15, 0.2) is 0 Å². The van der Waals surface area contributed by atoms with Crippen LogP contribution in [0.5, 0.6) is 0 Å². The van der Waals surface area contributed by atoms with E-state index in [1.54, 1.807) is 6.07 Å². The quantitative estimate of drug-likeness (QED) is 0.848. The second kappa shape index (κ2) is 6.07. The second-order valence-electron chi connectivity index (χ2n) is 5.46. The van der Waals surface area contributed by atoms with Gasteiger partial charge in [0.2, 0.25) is 0 Å². The van der Waals surface area contributed by atoms with Gasteiger partial charge < -0.3 is 0 Å². The molecule has 3 heteroatoms. The van der Waals surface area contributed by atoms with Gasteiger partial charge in [0, 0.05) is 18.2 Å². The molecule has 1 aliphatic rings. The molecule has 0 spiro atoms. The van der Waals surface area contributed by atoms with Gasteiger partial charge in [-0.25, -0.2) is 4.39 Å². The molecule has 0 amide bonds. The molecule has 1 saturated heterocycles. The number of nitrogens with zero attached hydrogens (tertiary/aromatic N) is 2. The summed E-state index contributed by atoms with van der Waals surface area (Å²) >= 11 is 0. The van der Waals surface area contributed by atoms with Gasteiger partial charge in [0.1, 0.15) is 5.82 Å². The summed E-state index contributed by atoms with van der Waals surface area (Å²) in [5, 5.41) is 8.96. The lowest BCUT2D eigenvalue weighted by atomic mass is 10.0. The van der Waals surface area contributed by atoms with Crippen LogP contribution in [0.4, 0.5) is 4.39 Å². The van der Waals surface area contributed by atoms with E-state index in [-0.39, 0.29) is 5.82 Å². The molecule has 2 aromatic carbocycles. The van der Waals surface area contributed by atoms with Crippen molar-refractivity contribution in [1.29, 1.82) is 5.26 Å². The molecular weight excluding hydrogens is 263 g/mol.